The predicted molar refractivity (Wildman–Crippen MR) is 73.9 cm³/mol. The summed E-state index contributed by atoms with van der Waals surface area (Å²) in [6.07, 6.45) is 3.71. The van der Waals surface area contributed by atoms with Crippen molar-refractivity contribution in [2.75, 3.05) is 26.2 Å². The summed E-state index contributed by atoms with van der Waals surface area (Å²) in [5, 5.41) is 11.6. The van der Waals surface area contributed by atoms with E-state index in [1.54, 1.807) is 11.1 Å². The Morgan fingerprint density at radius 2 is 2.38 bits per heavy atom. The first-order chi connectivity index (χ1) is 10.1. The Morgan fingerprint density at radius 1 is 1.57 bits per heavy atom. The SMILES string of the molecule is Cn1ccnc1CCNC(=O)N1CCOC(CC(=O)O)C1. The number of hydrogen-bond acceptors (Lipinski definition) is 4. The average molecular weight is 296 g/mol. The van der Waals surface area contributed by atoms with Crippen molar-refractivity contribution in [3.05, 3.63) is 18.2 Å². The molecule has 0 aliphatic carbocycles. The summed E-state index contributed by atoms with van der Waals surface area (Å²) >= 11 is 0. The zero-order chi connectivity index (χ0) is 15.2. The van der Waals surface area contributed by atoms with Gasteiger partial charge in [-0.15, -0.1) is 0 Å². The second-order valence-electron chi connectivity index (χ2n) is 4.97. The Kier molecular flexibility index (Phi) is 5.15. The molecule has 1 saturated heterocycles. The van der Waals surface area contributed by atoms with Crippen LogP contribution in [0.1, 0.15) is 12.2 Å². The van der Waals surface area contributed by atoms with Crippen LogP contribution in [0.25, 0.3) is 0 Å². The number of nitrogens with one attached hydrogen (secondary N) is 1. The molecule has 1 fully saturated rings. The third kappa shape index (κ3) is 4.45. The highest BCUT2D eigenvalue weighted by molar-refractivity contribution is 5.74. The molecule has 8 heteroatoms. The van der Waals surface area contributed by atoms with E-state index in [9.17, 15) is 9.59 Å². The minimum atomic E-state index is -0.919. The highest BCUT2D eigenvalue weighted by Crippen LogP contribution is 2.08. The fraction of sp³-hybridized carbons (Fsp3) is 0.615. The summed E-state index contributed by atoms with van der Waals surface area (Å²) < 4.78 is 7.24. The molecule has 0 bridgehead atoms. The van der Waals surface area contributed by atoms with Crippen molar-refractivity contribution in [1.29, 1.82) is 0 Å². The number of imidazole rings is 1. The number of ether oxygens (including phenoxy) is 1. The van der Waals surface area contributed by atoms with Crippen molar-refractivity contribution in [2.45, 2.75) is 18.9 Å². The molecule has 2 amide bonds. The minimum absolute atomic E-state index is 0.0863. The second-order valence-corrected chi connectivity index (χ2v) is 4.97. The Labute approximate surface area is 122 Å². The summed E-state index contributed by atoms with van der Waals surface area (Å²) in [6, 6.07) is -0.192. The van der Waals surface area contributed by atoms with Gasteiger partial charge in [0.1, 0.15) is 5.82 Å². The van der Waals surface area contributed by atoms with E-state index in [1.807, 2.05) is 17.8 Å². The van der Waals surface area contributed by atoms with E-state index in [0.717, 1.165) is 5.82 Å². The highest BCUT2D eigenvalue weighted by Gasteiger charge is 2.25. The van der Waals surface area contributed by atoms with E-state index in [2.05, 4.69) is 10.3 Å². The largest absolute Gasteiger partial charge is 0.481 e. The lowest BCUT2D eigenvalue weighted by Crippen LogP contribution is -2.50. The van der Waals surface area contributed by atoms with Gasteiger partial charge in [-0.25, -0.2) is 9.78 Å². The normalized spacial score (nSPS) is 18.5. The van der Waals surface area contributed by atoms with E-state index in [4.69, 9.17) is 9.84 Å². The molecule has 8 nitrogen and oxygen atoms in total. The van der Waals surface area contributed by atoms with Gasteiger partial charge in [-0.2, -0.15) is 0 Å². The topological polar surface area (TPSA) is 96.7 Å². The molecule has 21 heavy (non-hydrogen) atoms. The highest BCUT2D eigenvalue weighted by atomic mass is 16.5. The van der Waals surface area contributed by atoms with E-state index in [0.29, 0.717) is 32.7 Å². The number of hydrogen-bond donors (Lipinski definition) is 2. The fourth-order valence-corrected chi connectivity index (χ4v) is 2.25. The fourth-order valence-electron chi connectivity index (χ4n) is 2.25. The number of nitrogens with zero attached hydrogens (tertiary/aromatic N) is 3. The molecule has 1 aliphatic rings. The predicted octanol–water partition coefficient (Wildman–Crippen LogP) is -0.152. The molecule has 2 heterocycles. The first-order valence-electron chi connectivity index (χ1n) is 6.88. The molecule has 1 unspecified atom stereocenters. The number of carbonyl (C=O) groups excluding carboxylic acids is 1. The Hall–Kier alpha value is -2.09. The van der Waals surface area contributed by atoms with E-state index >= 15 is 0 Å². The Bertz CT molecular complexity index is 502. The van der Waals surface area contributed by atoms with Crippen molar-refractivity contribution in [1.82, 2.24) is 19.8 Å². The van der Waals surface area contributed by atoms with Gasteiger partial charge in [0.05, 0.1) is 19.1 Å². The van der Waals surface area contributed by atoms with Gasteiger partial charge in [0.2, 0.25) is 0 Å². The molecule has 1 atom stereocenters. The van der Waals surface area contributed by atoms with Crippen molar-refractivity contribution in [3.8, 4) is 0 Å². The summed E-state index contributed by atoms with van der Waals surface area (Å²) in [6.45, 7) is 1.64. The maximum atomic E-state index is 12.0. The number of carboxylic acids is 1. The molecule has 116 valence electrons. The molecule has 2 rings (SSSR count). The summed E-state index contributed by atoms with van der Waals surface area (Å²) in [4.78, 5) is 28.5. The van der Waals surface area contributed by atoms with Crippen LogP contribution in [0, 0.1) is 0 Å². The lowest BCUT2D eigenvalue weighted by Gasteiger charge is -2.32. The minimum Gasteiger partial charge on any atom is -0.481 e. The quantitative estimate of drug-likeness (QED) is 0.787. The van der Waals surface area contributed by atoms with Crippen molar-refractivity contribution < 1.29 is 19.4 Å². The van der Waals surface area contributed by atoms with Crippen LogP contribution < -0.4 is 5.32 Å². The molecule has 0 saturated carbocycles. The van der Waals surface area contributed by atoms with Crippen LogP contribution in [0.5, 0.6) is 0 Å². The molecule has 2 N–H and O–H groups in total. The maximum absolute atomic E-state index is 12.0. The van der Waals surface area contributed by atoms with Gasteiger partial charge in [0.15, 0.2) is 0 Å². The van der Waals surface area contributed by atoms with E-state index in [-0.39, 0.29) is 12.5 Å². The number of rotatable bonds is 5. The van der Waals surface area contributed by atoms with Gasteiger partial charge in [-0.1, -0.05) is 0 Å². The Balaban J connectivity index is 1.75. The molecule has 1 aromatic heterocycles. The third-order valence-electron chi connectivity index (χ3n) is 3.37. The molecule has 1 aromatic rings. The zero-order valence-electron chi connectivity index (χ0n) is 12.0. The van der Waals surface area contributed by atoms with Gasteiger partial charge in [0.25, 0.3) is 0 Å². The van der Waals surface area contributed by atoms with Gasteiger partial charge < -0.3 is 24.6 Å². The van der Waals surface area contributed by atoms with Gasteiger partial charge in [0, 0.05) is 45.5 Å². The van der Waals surface area contributed by atoms with E-state index < -0.39 is 12.1 Å². The van der Waals surface area contributed by atoms with Crippen LogP contribution in [-0.2, 0) is 23.0 Å². The summed E-state index contributed by atoms with van der Waals surface area (Å²) in [7, 11) is 1.91. The number of amides is 2. The molecule has 1 aliphatic heterocycles. The number of aryl methyl sites for hydroxylation is 1. The zero-order valence-corrected chi connectivity index (χ0v) is 12.0. The van der Waals surface area contributed by atoms with Crippen LogP contribution in [-0.4, -0.2) is 63.9 Å². The second kappa shape index (κ2) is 7.07. The van der Waals surface area contributed by atoms with Crippen LogP contribution >= 0.6 is 0 Å². The van der Waals surface area contributed by atoms with Crippen LogP contribution in [0.3, 0.4) is 0 Å². The molecule has 0 spiro atoms. The van der Waals surface area contributed by atoms with Crippen LogP contribution in [0.4, 0.5) is 4.79 Å². The number of aliphatic carboxylic acids is 1. The Morgan fingerprint density at radius 3 is 3.05 bits per heavy atom. The third-order valence-corrected chi connectivity index (χ3v) is 3.37. The summed E-state index contributed by atoms with van der Waals surface area (Å²) in [5.41, 5.74) is 0. The number of carboxylic acid groups (broad SMARTS) is 1. The average Bonchev–Trinajstić information content (AvgIpc) is 2.84. The van der Waals surface area contributed by atoms with Crippen molar-refractivity contribution >= 4 is 12.0 Å². The van der Waals surface area contributed by atoms with Gasteiger partial charge >= 0.3 is 12.0 Å². The molecular formula is C13H20N4O4. The lowest BCUT2D eigenvalue weighted by atomic mass is 10.2. The maximum Gasteiger partial charge on any atom is 0.317 e. The van der Waals surface area contributed by atoms with Crippen molar-refractivity contribution in [3.63, 3.8) is 0 Å². The standard InChI is InChI=1S/C13H20N4O4/c1-16-5-4-14-11(16)2-3-15-13(20)17-6-7-21-10(9-17)8-12(18)19/h4-5,10H,2-3,6-9H2,1H3,(H,15,20)(H,18,19). The molecular weight excluding hydrogens is 276 g/mol. The smallest absolute Gasteiger partial charge is 0.317 e. The molecule has 0 radical (unpaired) electrons. The first-order valence-corrected chi connectivity index (χ1v) is 6.88. The van der Waals surface area contributed by atoms with Crippen LogP contribution in [0.15, 0.2) is 12.4 Å². The summed E-state index contributed by atoms with van der Waals surface area (Å²) in [5.74, 6) is -0.0157. The van der Waals surface area contributed by atoms with Gasteiger partial charge in [-0.05, 0) is 0 Å². The first kappa shape index (κ1) is 15.3. The monoisotopic (exact) mass is 296 g/mol. The molecule has 0 aromatic carbocycles. The van der Waals surface area contributed by atoms with Crippen molar-refractivity contribution in [2.24, 2.45) is 7.05 Å². The van der Waals surface area contributed by atoms with Gasteiger partial charge in [-0.3, -0.25) is 4.79 Å². The number of carbonyl (C=O) groups is 2. The lowest BCUT2D eigenvalue weighted by molar-refractivity contribution is -0.141. The number of morpholine rings is 1. The number of aromatic nitrogens is 2. The van der Waals surface area contributed by atoms with Crippen LogP contribution in [0.2, 0.25) is 0 Å². The number of urea groups is 1. The van der Waals surface area contributed by atoms with E-state index in [1.165, 1.54) is 0 Å².